The van der Waals surface area contributed by atoms with E-state index in [-0.39, 0.29) is 0 Å². The van der Waals surface area contributed by atoms with Crippen LogP contribution >= 0.6 is 0 Å². The first kappa shape index (κ1) is 8.02. The predicted octanol–water partition coefficient (Wildman–Crippen LogP) is 1.98. The van der Waals surface area contributed by atoms with Crippen LogP contribution in [0.4, 0.5) is 0 Å². The first-order valence-corrected chi connectivity index (χ1v) is 2.90. The SMILES string of the molecule is C=C/C(C)=C/C(C)=C\N. The van der Waals surface area contributed by atoms with Gasteiger partial charge in [0.05, 0.1) is 0 Å². The van der Waals surface area contributed by atoms with Gasteiger partial charge in [0.15, 0.2) is 0 Å². The number of nitrogens with two attached hydrogens (primary N) is 1. The summed E-state index contributed by atoms with van der Waals surface area (Å²) in [6.45, 7) is 7.55. The molecule has 0 amide bonds. The average molecular weight is 123 g/mol. The van der Waals surface area contributed by atoms with Gasteiger partial charge < -0.3 is 5.73 Å². The van der Waals surface area contributed by atoms with Crippen molar-refractivity contribution in [3.05, 3.63) is 36.1 Å². The fraction of sp³-hybridized carbons (Fsp3) is 0.250. The molecule has 0 heterocycles. The summed E-state index contributed by atoms with van der Waals surface area (Å²) in [7, 11) is 0. The lowest BCUT2D eigenvalue weighted by Crippen LogP contribution is -1.81. The van der Waals surface area contributed by atoms with Crippen molar-refractivity contribution in [1.29, 1.82) is 0 Å². The van der Waals surface area contributed by atoms with Gasteiger partial charge in [0.2, 0.25) is 0 Å². The van der Waals surface area contributed by atoms with E-state index in [1.165, 1.54) is 0 Å². The maximum Gasteiger partial charge on any atom is -0.00324 e. The molecule has 0 aromatic rings. The highest BCUT2D eigenvalue weighted by Crippen LogP contribution is 1.99. The van der Waals surface area contributed by atoms with Crippen molar-refractivity contribution in [1.82, 2.24) is 0 Å². The maximum atomic E-state index is 5.23. The fourth-order valence-electron chi connectivity index (χ4n) is 0.466. The summed E-state index contributed by atoms with van der Waals surface area (Å²) >= 11 is 0. The first-order chi connectivity index (χ1) is 4.20. The van der Waals surface area contributed by atoms with Crippen molar-refractivity contribution >= 4 is 0 Å². The van der Waals surface area contributed by atoms with Crippen molar-refractivity contribution in [3.8, 4) is 0 Å². The third-order valence-corrected chi connectivity index (χ3v) is 1.04. The van der Waals surface area contributed by atoms with Crippen LogP contribution in [0.25, 0.3) is 0 Å². The fourth-order valence-corrected chi connectivity index (χ4v) is 0.466. The number of allylic oxidation sites excluding steroid dienone is 4. The highest BCUT2D eigenvalue weighted by atomic mass is 14.5. The van der Waals surface area contributed by atoms with E-state index >= 15 is 0 Å². The Morgan fingerprint density at radius 1 is 1.33 bits per heavy atom. The standard InChI is InChI=1S/C8H13N/c1-4-7(2)5-8(3)6-9/h4-6H,1,9H2,2-3H3/b7-5+,8-6-. The largest absolute Gasteiger partial charge is 0.404 e. The van der Waals surface area contributed by atoms with Gasteiger partial charge in [-0.2, -0.15) is 0 Å². The monoisotopic (exact) mass is 123 g/mol. The quantitative estimate of drug-likeness (QED) is 0.558. The third kappa shape index (κ3) is 3.59. The van der Waals surface area contributed by atoms with Gasteiger partial charge in [0.25, 0.3) is 0 Å². The Bertz CT molecular complexity index is 152. The van der Waals surface area contributed by atoms with E-state index in [9.17, 15) is 0 Å². The van der Waals surface area contributed by atoms with Crippen LogP contribution in [0.1, 0.15) is 13.8 Å². The molecular formula is C8H13N. The lowest BCUT2D eigenvalue weighted by molar-refractivity contribution is 1.39. The van der Waals surface area contributed by atoms with Gasteiger partial charge in [-0.25, -0.2) is 0 Å². The van der Waals surface area contributed by atoms with Crippen LogP contribution in [0.15, 0.2) is 36.1 Å². The second-order valence-corrected chi connectivity index (χ2v) is 2.00. The molecule has 50 valence electrons. The summed E-state index contributed by atoms with van der Waals surface area (Å²) in [4.78, 5) is 0. The molecule has 0 radical (unpaired) electrons. The highest BCUT2D eigenvalue weighted by molar-refractivity contribution is 5.25. The minimum atomic E-state index is 1.06. The Kier molecular flexibility index (Phi) is 3.52. The molecule has 0 bridgehead atoms. The topological polar surface area (TPSA) is 26.0 Å². The Balaban J connectivity index is 4.11. The van der Waals surface area contributed by atoms with Gasteiger partial charge in [-0.1, -0.05) is 24.3 Å². The van der Waals surface area contributed by atoms with E-state index in [0.717, 1.165) is 11.1 Å². The number of rotatable bonds is 2. The van der Waals surface area contributed by atoms with Gasteiger partial charge in [0, 0.05) is 0 Å². The molecule has 0 aliphatic rings. The van der Waals surface area contributed by atoms with Gasteiger partial charge in [-0.15, -0.1) is 0 Å². The van der Waals surface area contributed by atoms with E-state index in [1.54, 1.807) is 12.3 Å². The van der Waals surface area contributed by atoms with Crippen molar-refractivity contribution in [2.75, 3.05) is 0 Å². The van der Waals surface area contributed by atoms with E-state index in [4.69, 9.17) is 5.73 Å². The molecule has 0 saturated carbocycles. The van der Waals surface area contributed by atoms with E-state index in [0.29, 0.717) is 0 Å². The third-order valence-electron chi connectivity index (χ3n) is 1.04. The van der Waals surface area contributed by atoms with Gasteiger partial charge >= 0.3 is 0 Å². The molecule has 0 fully saturated rings. The second-order valence-electron chi connectivity index (χ2n) is 2.00. The molecule has 0 atom stereocenters. The molecule has 0 aromatic heterocycles. The number of hydrogen-bond donors (Lipinski definition) is 1. The minimum Gasteiger partial charge on any atom is -0.404 e. The zero-order valence-corrected chi connectivity index (χ0v) is 6.02. The van der Waals surface area contributed by atoms with Crippen LogP contribution in [-0.4, -0.2) is 0 Å². The molecule has 9 heavy (non-hydrogen) atoms. The van der Waals surface area contributed by atoms with Crippen molar-refractivity contribution in [2.45, 2.75) is 13.8 Å². The molecule has 1 heteroatoms. The Labute approximate surface area is 56.6 Å². The molecule has 1 nitrogen and oxygen atoms in total. The van der Waals surface area contributed by atoms with Crippen molar-refractivity contribution < 1.29 is 0 Å². The minimum absolute atomic E-state index is 1.06. The van der Waals surface area contributed by atoms with Crippen LogP contribution < -0.4 is 5.73 Å². The zero-order valence-electron chi connectivity index (χ0n) is 6.02. The lowest BCUT2D eigenvalue weighted by atomic mass is 10.2. The average Bonchev–Trinajstić information content (AvgIpc) is 1.87. The summed E-state index contributed by atoms with van der Waals surface area (Å²) in [5.41, 5.74) is 7.43. The van der Waals surface area contributed by atoms with Crippen LogP contribution in [0.3, 0.4) is 0 Å². The molecule has 0 aliphatic carbocycles. The highest BCUT2D eigenvalue weighted by Gasteiger charge is 1.80. The van der Waals surface area contributed by atoms with E-state index < -0.39 is 0 Å². The molecule has 2 N–H and O–H groups in total. The molecule has 0 spiro atoms. The van der Waals surface area contributed by atoms with Gasteiger partial charge in [0.1, 0.15) is 0 Å². The van der Waals surface area contributed by atoms with Gasteiger partial charge in [-0.3, -0.25) is 0 Å². The summed E-state index contributed by atoms with van der Waals surface area (Å²) in [6, 6.07) is 0. The Morgan fingerprint density at radius 2 is 1.89 bits per heavy atom. The number of hydrogen-bond acceptors (Lipinski definition) is 1. The Hall–Kier alpha value is -0.980. The van der Waals surface area contributed by atoms with Gasteiger partial charge in [-0.05, 0) is 25.6 Å². The molecule has 0 aromatic carbocycles. The van der Waals surface area contributed by atoms with E-state index in [2.05, 4.69) is 6.58 Å². The maximum absolute atomic E-state index is 5.23. The molecular weight excluding hydrogens is 110 g/mol. The molecule has 0 unspecified atom stereocenters. The molecule has 0 rings (SSSR count). The first-order valence-electron chi connectivity index (χ1n) is 2.90. The zero-order chi connectivity index (χ0) is 7.28. The second kappa shape index (κ2) is 3.96. The summed E-state index contributed by atoms with van der Waals surface area (Å²) in [6.07, 6.45) is 5.35. The molecule has 0 aliphatic heterocycles. The normalized spacial score (nSPS) is 13.6. The van der Waals surface area contributed by atoms with Crippen LogP contribution in [0.2, 0.25) is 0 Å². The molecule has 0 saturated heterocycles. The van der Waals surface area contributed by atoms with E-state index in [1.807, 2.05) is 19.9 Å². The summed E-state index contributed by atoms with van der Waals surface area (Å²) in [5, 5.41) is 0. The lowest BCUT2D eigenvalue weighted by Gasteiger charge is -1.90. The van der Waals surface area contributed by atoms with Crippen molar-refractivity contribution in [2.24, 2.45) is 5.73 Å². The van der Waals surface area contributed by atoms with Crippen molar-refractivity contribution in [3.63, 3.8) is 0 Å². The van der Waals surface area contributed by atoms with Crippen LogP contribution in [0, 0.1) is 0 Å². The Morgan fingerprint density at radius 3 is 2.22 bits per heavy atom. The van der Waals surface area contributed by atoms with Crippen LogP contribution in [0.5, 0.6) is 0 Å². The van der Waals surface area contributed by atoms with Crippen LogP contribution in [-0.2, 0) is 0 Å². The predicted molar refractivity (Wildman–Crippen MR) is 41.9 cm³/mol. The smallest absolute Gasteiger partial charge is 0.00324 e. The summed E-state index contributed by atoms with van der Waals surface area (Å²) < 4.78 is 0. The summed E-state index contributed by atoms with van der Waals surface area (Å²) in [5.74, 6) is 0.